The molecule has 2 aromatic rings. The smallest absolute Gasteiger partial charge is 0.335 e. The number of ketones is 1. The highest BCUT2D eigenvalue weighted by atomic mass is 31.2. The second-order valence-corrected chi connectivity index (χ2v) is 8.48. The summed E-state index contributed by atoms with van der Waals surface area (Å²) in [6.45, 7) is 3.47. The van der Waals surface area contributed by atoms with Gasteiger partial charge in [0.2, 0.25) is 0 Å². The highest BCUT2D eigenvalue weighted by Gasteiger charge is 2.47. The van der Waals surface area contributed by atoms with Crippen molar-refractivity contribution in [2.45, 2.75) is 50.6 Å². The van der Waals surface area contributed by atoms with Crippen LogP contribution in [0.25, 0.3) is 0 Å². The van der Waals surface area contributed by atoms with Gasteiger partial charge in [-0.05, 0) is 31.2 Å². The highest BCUT2D eigenvalue weighted by molar-refractivity contribution is 7.53. The summed E-state index contributed by atoms with van der Waals surface area (Å²) in [5.74, 6) is 0.505. The van der Waals surface area contributed by atoms with Crippen LogP contribution in [0.3, 0.4) is 0 Å². The molecule has 1 aliphatic carbocycles. The standard InChI is InChI=1S/C18H22NO5P/c1-3-18(4-2,25(21,22)23)15-8-6-5-7-13(15)16(20)14-11-19-24-17(14)12-9-10-12/h5-8,11-12H,3-4,9-10H2,1-2H3,(H2,21,22,23). The molecule has 1 heterocycles. The third-order valence-electron chi connectivity index (χ3n) is 5.19. The fourth-order valence-electron chi connectivity index (χ4n) is 3.49. The molecule has 0 radical (unpaired) electrons. The van der Waals surface area contributed by atoms with Gasteiger partial charge in [-0.2, -0.15) is 0 Å². The van der Waals surface area contributed by atoms with Crippen molar-refractivity contribution in [3.8, 4) is 0 Å². The van der Waals surface area contributed by atoms with Gasteiger partial charge in [0.15, 0.2) is 11.5 Å². The van der Waals surface area contributed by atoms with Gasteiger partial charge < -0.3 is 14.3 Å². The molecular formula is C18H22NO5P. The van der Waals surface area contributed by atoms with E-state index >= 15 is 0 Å². The van der Waals surface area contributed by atoms with Crippen molar-refractivity contribution in [2.75, 3.05) is 0 Å². The van der Waals surface area contributed by atoms with Crippen LogP contribution in [0.1, 0.15) is 72.7 Å². The molecule has 0 bridgehead atoms. The maximum atomic E-state index is 13.1. The van der Waals surface area contributed by atoms with E-state index in [9.17, 15) is 19.1 Å². The predicted molar refractivity (Wildman–Crippen MR) is 92.7 cm³/mol. The minimum Gasteiger partial charge on any atom is -0.360 e. The van der Waals surface area contributed by atoms with E-state index in [1.807, 2.05) is 0 Å². The zero-order chi connectivity index (χ0) is 18.2. The molecule has 0 amide bonds. The van der Waals surface area contributed by atoms with Crippen LogP contribution in [0.15, 0.2) is 35.0 Å². The van der Waals surface area contributed by atoms with Crippen LogP contribution < -0.4 is 0 Å². The highest BCUT2D eigenvalue weighted by Crippen LogP contribution is 2.61. The molecule has 25 heavy (non-hydrogen) atoms. The summed E-state index contributed by atoms with van der Waals surface area (Å²) in [6.07, 6.45) is 3.80. The Morgan fingerprint density at radius 1 is 1.24 bits per heavy atom. The van der Waals surface area contributed by atoms with Crippen molar-refractivity contribution in [3.05, 3.63) is 52.9 Å². The van der Waals surface area contributed by atoms with Gasteiger partial charge in [0, 0.05) is 11.5 Å². The number of hydrogen-bond donors (Lipinski definition) is 2. The van der Waals surface area contributed by atoms with Crippen molar-refractivity contribution >= 4 is 13.4 Å². The Morgan fingerprint density at radius 3 is 2.44 bits per heavy atom. The Balaban J connectivity index is 2.14. The Bertz CT molecular complexity index is 829. The summed E-state index contributed by atoms with van der Waals surface area (Å²) < 4.78 is 17.6. The summed E-state index contributed by atoms with van der Waals surface area (Å²) >= 11 is 0. The lowest BCUT2D eigenvalue weighted by molar-refractivity contribution is 0.103. The Morgan fingerprint density at radius 2 is 1.88 bits per heavy atom. The van der Waals surface area contributed by atoms with E-state index in [1.54, 1.807) is 38.1 Å². The summed E-state index contributed by atoms with van der Waals surface area (Å²) in [5, 5.41) is 2.38. The molecule has 0 unspecified atom stereocenters. The zero-order valence-corrected chi connectivity index (χ0v) is 15.2. The van der Waals surface area contributed by atoms with Gasteiger partial charge in [-0.15, -0.1) is 0 Å². The Kier molecular flexibility index (Phi) is 4.71. The molecule has 0 aliphatic heterocycles. The molecule has 3 rings (SSSR count). The van der Waals surface area contributed by atoms with E-state index in [-0.39, 0.29) is 24.5 Å². The molecule has 1 saturated carbocycles. The second kappa shape index (κ2) is 6.52. The van der Waals surface area contributed by atoms with Crippen LogP contribution in [0.5, 0.6) is 0 Å². The fraction of sp³-hybridized carbons (Fsp3) is 0.444. The normalized spacial score (nSPS) is 15.4. The topological polar surface area (TPSA) is 101 Å². The van der Waals surface area contributed by atoms with Crippen LogP contribution in [-0.2, 0) is 9.72 Å². The minimum absolute atomic E-state index is 0.220. The molecule has 0 saturated heterocycles. The quantitative estimate of drug-likeness (QED) is 0.570. The molecule has 1 aromatic heterocycles. The lowest BCUT2D eigenvalue weighted by Crippen LogP contribution is -2.27. The van der Waals surface area contributed by atoms with Gasteiger partial charge in [-0.1, -0.05) is 43.3 Å². The van der Waals surface area contributed by atoms with Crippen LogP contribution in [0.2, 0.25) is 0 Å². The third-order valence-corrected chi connectivity index (χ3v) is 7.18. The molecule has 1 fully saturated rings. The first-order chi connectivity index (χ1) is 11.9. The fourth-order valence-corrected chi connectivity index (χ4v) is 4.82. The maximum Gasteiger partial charge on any atom is 0.335 e. The van der Waals surface area contributed by atoms with E-state index < -0.39 is 12.8 Å². The van der Waals surface area contributed by atoms with E-state index in [0.717, 1.165) is 12.8 Å². The summed E-state index contributed by atoms with van der Waals surface area (Å²) in [7, 11) is -4.48. The number of carbonyl (C=O) groups excluding carboxylic acids is 1. The van der Waals surface area contributed by atoms with Crippen molar-refractivity contribution < 1.29 is 23.7 Å². The number of carbonyl (C=O) groups is 1. The van der Waals surface area contributed by atoms with E-state index in [2.05, 4.69) is 5.16 Å². The number of nitrogens with zero attached hydrogens (tertiary/aromatic N) is 1. The minimum atomic E-state index is -4.48. The van der Waals surface area contributed by atoms with Gasteiger partial charge in [0.05, 0.1) is 16.9 Å². The summed E-state index contributed by atoms with van der Waals surface area (Å²) in [5.41, 5.74) is 1.09. The molecule has 0 spiro atoms. The van der Waals surface area contributed by atoms with Crippen molar-refractivity contribution in [1.82, 2.24) is 5.16 Å². The zero-order valence-electron chi connectivity index (χ0n) is 14.3. The van der Waals surface area contributed by atoms with Gasteiger partial charge in [-0.3, -0.25) is 9.36 Å². The largest absolute Gasteiger partial charge is 0.360 e. The monoisotopic (exact) mass is 363 g/mol. The summed E-state index contributed by atoms with van der Waals surface area (Å²) in [6, 6.07) is 6.68. The van der Waals surface area contributed by atoms with Crippen LogP contribution in [0, 0.1) is 0 Å². The van der Waals surface area contributed by atoms with Crippen molar-refractivity contribution in [1.29, 1.82) is 0 Å². The molecule has 2 N–H and O–H groups in total. The van der Waals surface area contributed by atoms with Crippen LogP contribution in [0.4, 0.5) is 0 Å². The Hall–Kier alpha value is -1.75. The number of rotatable bonds is 7. The van der Waals surface area contributed by atoms with Crippen LogP contribution >= 0.6 is 7.60 Å². The van der Waals surface area contributed by atoms with Crippen LogP contribution in [-0.4, -0.2) is 20.7 Å². The maximum absolute atomic E-state index is 13.1. The first-order valence-corrected chi connectivity index (χ1v) is 10.1. The molecule has 1 aromatic carbocycles. The average Bonchev–Trinajstić information content (AvgIpc) is 3.32. The summed E-state index contributed by atoms with van der Waals surface area (Å²) in [4.78, 5) is 33.2. The van der Waals surface area contributed by atoms with Crippen molar-refractivity contribution in [3.63, 3.8) is 0 Å². The number of aromatic nitrogens is 1. The molecule has 7 heteroatoms. The van der Waals surface area contributed by atoms with Gasteiger partial charge in [-0.25, -0.2) is 0 Å². The number of hydrogen-bond acceptors (Lipinski definition) is 4. The van der Waals surface area contributed by atoms with E-state index in [4.69, 9.17) is 4.52 Å². The average molecular weight is 363 g/mol. The van der Waals surface area contributed by atoms with Gasteiger partial charge in [0.25, 0.3) is 0 Å². The lowest BCUT2D eigenvalue weighted by atomic mass is 9.86. The van der Waals surface area contributed by atoms with E-state index in [1.165, 1.54) is 6.20 Å². The Labute approximate surface area is 146 Å². The third kappa shape index (κ3) is 2.99. The first kappa shape index (κ1) is 18.1. The molecule has 1 aliphatic rings. The van der Waals surface area contributed by atoms with Gasteiger partial charge >= 0.3 is 7.60 Å². The lowest BCUT2D eigenvalue weighted by Gasteiger charge is -2.34. The molecule has 134 valence electrons. The molecular weight excluding hydrogens is 341 g/mol. The molecule has 6 nitrogen and oxygen atoms in total. The SMILES string of the molecule is CCC(CC)(c1ccccc1C(=O)c1cnoc1C1CC1)P(=O)(O)O. The second-order valence-electron chi connectivity index (χ2n) is 6.54. The van der Waals surface area contributed by atoms with E-state index in [0.29, 0.717) is 22.5 Å². The number of benzene rings is 1. The predicted octanol–water partition coefficient (Wildman–Crippen LogP) is 3.98. The van der Waals surface area contributed by atoms with Crippen molar-refractivity contribution in [2.24, 2.45) is 0 Å². The first-order valence-electron chi connectivity index (χ1n) is 8.50. The van der Waals surface area contributed by atoms with Gasteiger partial charge in [0.1, 0.15) is 0 Å². The molecule has 0 atom stereocenters.